The highest BCUT2D eigenvalue weighted by molar-refractivity contribution is 6.05. The summed E-state index contributed by atoms with van der Waals surface area (Å²) in [5, 5.41) is 6.90. The molecule has 0 saturated carbocycles. The SMILES string of the molecule is Cc1ccc(NC(=O)c2ccc(-c3c[nH]c4ncc(-c5cccc(NC(=O)/C=C/CN(C)C)c5)cc34)cc2)c(C)c1. The Hall–Kier alpha value is -5.01. The van der Waals surface area contributed by atoms with E-state index in [4.69, 9.17) is 0 Å². The van der Waals surface area contributed by atoms with Gasteiger partial charge in [0, 0.05) is 58.5 Å². The first kappa shape index (κ1) is 27.6. The molecule has 0 unspecified atom stereocenters. The number of aromatic nitrogens is 2. The van der Waals surface area contributed by atoms with Gasteiger partial charge in [-0.1, -0.05) is 48.0 Å². The maximum Gasteiger partial charge on any atom is 0.255 e. The van der Waals surface area contributed by atoms with Gasteiger partial charge in [-0.3, -0.25) is 9.59 Å². The minimum absolute atomic E-state index is 0.147. The van der Waals surface area contributed by atoms with Crippen molar-refractivity contribution < 1.29 is 9.59 Å². The van der Waals surface area contributed by atoms with Gasteiger partial charge in [0.2, 0.25) is 5.91 Å². The predicted molar refractivity (Wildman–Crippen MR) is 167 cm³/mol. The third kappa shape index (κ3) is 6.59. The molecule has 0 spiro atoms. The van der Waals surface area contributed by atoms with E-state index in [1.807, 2.05) is 112 Å². The molecule has 0 saturated heterocycles. The van der Waals surface area contributed by atoms with Crippen molar-refractivity contribution in [3.8, 4) is 22.3 Å². The Balaban J connectivity index is 1.35. The second kappa shape index (κ2) is 12.0. The molecule has 5 aromatic rings. The van der Waals surface area contributed by atoms with Crippen molar-refractivity contribution in [2.75, 3.05) is 31.3 Å². The highest BCUT2D eigenvalue weighted by Crippen LogP contribution is 2.32. The number of likely N-dealkylation sites (N-methyl/N-ethyl adjacent to an activating group) is 1. The van der Waals surface area contributed by atoms with Crippen LogP contribution in [0, 0.1) is 13.8 Å². The molecule has 41 heavy (non-hydrogen) atoms. The summed E-state index contributed by atoms with van der Waals surface area (Å²) in [6, 6.07) is 23.4. The topological polar surface area (TPSA) is 90.1 Å². The van der Waals surface area contributed by atoms with E-state index < -0.39 is 0 Å². The van der Waals surface area contributed by atoms with Crippen LogP contribution in [-0.4, -0.2) is 47.3 Å². The van der Waals surface area contributed by atoms with Gasteiger partial charge in [-0.25, -0.2) is 4.98 Å². The van der Waals surface area contributed by atoms with E-state index in [0.29, 0.717) is 17.8 Å². The lowest BCUT2D eigenvalue weighted by atomic mass is 10.0. The summed E-state index contributed by atoms with van der Waals surface area (Å²) in [6.45, 7) is 4.72. The molecule has 2 heterocycles. The lowest BCUT2D eigenvalue weighted by Crippen LogP contribution is -2.12. The van der Waals surface area contributed by atoms with E-state index in [1.165, 1.54) is 0 Å². The Bertz CT molecular complexity index is 1750. The number of benzene rings is 3. The van der Waals surface area contributed by atoms with E-state index >= 15 is 0 Å². The number of aryl methyl sites for hydroxylation is 2. The molecule has 0 fully saturated rings. The maximum absolute atomic E-state index is 12.9. The molecule has 3 N–H and O–H groups in total. The number of H-pyrrole nitrogens is 1. The van der Waals surface area contributed by atoms with Crippen LogP contribution in [0.1, 0.15) is 21.5 Å². The molecule has 0 aliphatic rings. The van der Waals surface area contributed by atoms with E-state index in [2.05, 4.69) is 32.7 Å². The van der Waals surface area contributed by atoms with Crippen molar-refractivity contribution >= 4 is 34.2 Å². The number of aromatic amines is 1. The van der Waals surface area contributed by atoms with Crippen LogP contribution < -0.4 is 10.6 Å². The molecule has 0 bridgehead atoms. The van der Waals surface area contributed by atoms with Gasteiger partial charge < -0.3 is 20.5 Å². The first-order chi connectivity index (χ1) is 19.8. The highest BCUT2D eigenvalue weighted by Gasteiger charge is 2.12. The molecule has 7 heteroatoms. The summed E-state index contributed by atoms with van der Waals surface area (Å²) < 4.78 is 0. The number of rotatable bonds is 8. The van der Waals surface area contributed by atoms with Gasteiger partial charge in [-0.15, -0.1) is 0 Å². The summed E-state index contributed by atoms with van der Waals surface area (Å²) in [7, 11) is 3.91. The number of pyridine rings is 1. The van der Waals surface area contributed by atoms with Crippen molar-refractivity contribution in [1.29, 1.82) is 0 Å². The summed E-state index contributed by atoms with van der Waals surface area (Å²) in [5.41, 5.74) is 8.91. The van der Waals surface area contributed by atoms with Crippen molar-refractivity contribution in [2.45, 2.75) is 13.8 Å². The molecule has 0 aliphatic heterocycles. The second-order valence-corrected chi connectivity index (χ2v) is 10.4. The summed E-state index contributed by atoms with van der Waals surface area (Å²) in [5.74, 6) is -0.317. The quantitative estimate of drug-likeness (QED) is 0.187. The first-order valence-electron chi connectivity index (χ1n) is 13.5. The van der Waals surface area contributed by atoms with E-state index in [-0.39, 0.29) is 11.8 Å². The molecule has 5 rings (SSSR count). The highest BCUT2D eigenvalue weighted by atomic mass is 16.2. The van der Waals surface area contributed by atoms with Crippen LogP contribution in [0.15, 0.2) is 97.3 Å². The Kier molecular flexibility index (Phi) is 8.08. The number of hydrogen-bond acceptors (Lipinski definition) is 4. The van der Waals surface area contributed by atoms with Crippen molar-refractivity contribution in [3.63, 3.8) is 0 Å². The molecule has 3 aromatic carbocycles. The molecule has 7 nitrogen and oxygen atoms in total. The van der Waals surface area contributed by atoms with E-state index in [9.17, 15) is 9.59 Å². The number of nitrogens with zero attached hydrogens (tertiary/aromatic N) is 2. The third-order valence-corrected chi connectivity index (χ3v) is 6.82. The number of anilines is 2. The number of carbonyl (C=O) groups excluding carboxylic acids is 2. The maximum atomic E-state index is 12.9. The normalized spacial score (nSPS) is 11.3. The van der Waals surface area contributed by atoms with Crippen molar-refractivity contribution in [1.82, 2.24) is 14.9 Å². The van der Waals surface area contributed by atoms with Crippen LogP contribution in [0.4, 0.5) is 11.4 Å². The number of hydrogen-bond donors (Lipinski definition) is 3. The predicted octanol–water partition coefficient (Wildman–Crippen LogP) is 6.82. The van der Waals surface area contributed by atoms with Gasteiger partial charge in [-0.05, 0) is 81.0 Å². The molecule has 0 atom stereocenters. The number of amides is 2. The van der Waals surface area contributed by atoms with Crippen molar-refractivity contribution in [2.24, 2.45) is 0 Å². The van der Waals surface area contributed by atoms with Crippen LogP contribution in [0.25, 0.3) is 33.3 Å². The Morgan fingerprint density at radius 2 is 1.71 bits per heavy atom. The Labute approximate surface area is 239 Å². The Morgan fingerprint density at radius 3 is 2.46 bits per heavy atom. The Morgan fingerprint density at radius 1 is 0.902 bits per heavy atom. The number of nitrogens with one attached hydrogen (secondary N) is 3. The largest absolute Gasteiger partial charge is 0.346 e. The fourth-order valence-corrected chi connectivity index (χ4v) is 4.68. The average molecular weight is 544 g/mol. The van der Waals surface area contributed by atoms with Crippen LogP contribution in [-0.2, 0) is 4.79 Å². The lowest BCUT2D eigenvalue weighted by Gasteiger charge is -2.10. The summed E-state index contributed by atoms with van der Waals surface area (Å²) in [6.07, 6.45) is 7.13. The van der Waals surface area contributed by atoms with Crippen molar-refractivity contribution in [3.05, 3.63) is 114 Å². The smallest absolute Gasteiger partial charge is 0.255 e. The molecular weight excluding hydrogens is 510 g/mol. The summed E-state index contributed by atoms with van der Waals surface area (Å²) >= 11 is 0. The zero-order valence-corrected chi connectivity index (χ0v) is 23.7. The number of fused-ring (bicyclic) bond motifs is 1. The number of carbonyl (C=O) groups is 2. The minimum Gasteiger partial charge on any atom is -0.346 e. The van der Waals surface area contributed by atoms with E-state index in [1.54, 1.807) is 6.08 Å². The van der Waals surface area contributed by atoms with Gasteiger partial charge >= 0.3 is 0 Å². The molecule has 2 amide bonds. The average Bonchev–Trinajstić information content (AvgIpc) is 3.38. The van der Waals surface area contributed by atoms with Gasteiger partial charge in [0.15, 0.2) is 0 Å². The van der Waals surface area contributed by atoms with Gasteiger partial charge in [0.25, 0.3) is 5.91 Å². The lowest BCUT2D eigenvalue weighted by molar-refractivity contribution is -0.111. The first-order valence-corrected chi connectivity index (χ1v) is 13.5. The zero-order valence-electron chi connectivity index (χ0n) is 23.7. The minimum atomic E-state index is -0.170. The van der Waals surface area contributed by atoms with Crippen LogP contribution >= 0.6 is 0 Å². The van der Waals surface area contributed by atoms with Gasteiger partial charge in [0.1, 0.15) is 5.65 Å². The molecular formula is C34H33N5O2. The molecule has 206 valence electrons. The monoisotopic (exact) mass is 543 g/mol. The van der Waals surface area contributed by atoms with Crippen LogP contribution in [0.2, 0.25) is 0 Å². The van der Waals surface area contributed by atoms with Gasteiger partial charge in [0.05, 0.1) is 0 Å². The van der Waals surface area contributed by atoms with Crippen LogP contribution in [0.5, 0.6) is 0 Å². The molecule has 2 aromatic heterocycles. The fourth-order valence-electron chi connectivity index (χ4n) is 4.68. The molecule has 0 radical (unpaired) electrons. The van der Waals surface area contributed by atoms with E-state index in [0.717, 1.165) is 50.1 Å². The van der Waals surface area contributed by atoms with Crippen LogP contribution in [0.3, 0.4) is 0 Å². The standard InChI is InChI=1S/C34H33N5O2/c1-22-10-15-31(23(2)17-22)38-34(41)25-13-11-24(12-14-25)30-21-36-33-29(30)19-27(20-35-33)26-7-5-8-28(18-26)37-32(40)9-6-16-39(3)4/h5-15,17-21H,16H2,1-4H3,(H,35,36)(H,37,40)(H,38,41)/b9-6+. The fraction of sp³-hybridized carbons (Fsp3) is 0.147. The second-order valence-electron chi connectivity index (χ2n) is 10.4. The molecule has 0 aliphatic carbocycles. The summed E-state index contributed by atoms with van der Waals surface area (Å²) in [4.78, 5) is 35.1. The van der Waals surface area contributed by atoms with Gasteiger partial charge in [-0.2, -0.15) is 0 Å². The zero-order chi connectivity index (χ0) is 28.9. The third-order valence-electron chi connectivity index (χ3n) is 6.82.